The van der Waals surface area contributed by atoms with Gasteiger partial charge in [0.15, 0.2) is 5.76 Å². The number of hydrogen-bond donors (Lipinski definition) is 1. The van der Waals surface area contributed by atoms with E-state index < -0.39 is 5.97 Å². The van der Waals surface area contributed by atoms with Crippen molar-refractivity contribution in [2.75, 3.05) is 0 Å². The molecule has 6 nitrogen and oxygen atoms in total. The predicted octanol–water partition coefficient (Wildman–Crippen LogP) is 4.65. The van der Waals surface area contributed by atoms with E-state index in [9.17, 15) is 4.79 Å². The molecule has 0 aliphatic heterocycles. The average Bonchev–Trinajstić information content (AvgIpc) is 3.24. The molecular weight excluding hydrogens is 330 g/mol. The molecule has 1 aromatic carbocycles. The second-order valence-corrected chi connectivity index (χ2v) is 6.35. The smallest absolute Gasteiger partial charge is 0.392 e. The quantitative estimate of drug-likeness (QED) is 0.567. The summed E-state index contributed by atoms with van der Waals surface area (Å²) in [5.41, 5.74) is 3.77. The van der Waals surface area contributed by atoms with E-state index in [-0.39, 0.29) is 5.89 Å². The number of nitrogens with zero attached hydrogens (tertiary/aromatic N) is 3. The van der Waals surface area contributed by atoms with Crippen LogP contribution in [0.15, 0.2) is 40.9 Å². The SMILES string of the molecule is CCCCn1c2ccccc2c2cc(-c3cnc(C(=O)O)o3)nc(C)c21. The fraction of sp³-hybridized carbons (Fsp3) is 0.250. The van der Waals surface area contributed by atoms with Crippen molar-refractivity contribution in [1.82, 2.24) is 14.5 Å². The van der Waals surface area contributed by atoms with Gasteiger partial charge in [-0.2, -0.15) is 0 Å². The fourth-order valence-corrected chi connectivity index (χ4v) is 3.44. The van der Waals surface area contributed by atoms with Gasteiger partial charge in [0.1, 0.15) is 5.69 Å². The lowest BCUT2D eigenvalue weighted by Crippen LogP contribution is -2.00. The van der Waals surface area contributed by atoms with Crippen molar-refractivity contribution in [3.63, 3.8) is 0 Å². The number of benzene rings is 1. The van der Waals surface area contributed by atoms with Gasteiger partial charge >= 0.3 is 11.9 Å². The highest BCUT2D eigenvalue weighted by molar-refractivity contribution is 6.09. The van der Waals surface area contributed by atoms with Crippen LogP contribution < -0.4 is 0 Å². The number of aromatic nitrogens is 3. The van der Waals surface area contributed by atoms with Crippen molar-refractivity contribution < 1.29 is 14.3 Å². The summed E-state index contributed by atoms with van der Waals surface area (Å²) in [5, 5.41) is 11.3. The van der Waals surface area contributed by atoms with E-state index >= 15 is 0 Å². The Morgan fingerprint density at radius 1 is 1.27 bits per heavy atom. The molecule has 0 fully saturated rings. The van der Waals surface area contributed by atoms with Crippen molar-refractivity contribution in [1.29, 1.82) is 0 Å². The summed E-state index contributed by atoms with van der Waals surface area (Å²) in [6, 6.07) is 10.3. The van der Waals surface area contributed by atoms with E-state index in [1.54, 1.807) is 0 Å². The van der Waals surface area contributed by atoms with Crippen molar-refractivity contribution >= 4 is 27.8 Å². The summed E-state index contributed by atoms with van der Waals surface area (Å²) < 4.78 is 7.66. The number of carboxylic acid groups (broad SMARTS) is 1. The van der Waals surface area contributed by atoms with Gasteiger partial charge < -0.3 is 14.1 Å². The number of pyridine rings is 1. The van der Waals surface area contributed by atoms with Crippen LogP contribution in [0.5, 0.6) is 0 Å². The molecule has 3 heterocycles. The van der Waals surface area contributed by atoms with E-state index in [0.29, 0.717) is 11.5 Å². The number of unbranched alkanes of at least 4 members (excludes halogenated alkanes) is 1. The van der Waals surface area contributed by atoms with Crippen molar-refractivity contribution in [3.05, 3.63) is 48.1 Å². The monoisotopic (exact) mass is 349 g/mol. The molecule has 132 valence electrons. The first kappa shape index (κ1) is 16.3. The molecule has 26 heavy (non-hydrogen) atoms. The van der Waals surface area contributed by atoms with Crippen LogP contribution in [0.4, 0.5) is 0 Å². The Kier molecular flexibility index (Phi) is 3.95. The molecular formula is C20H19N3O3. The van der Waals surface area contributed by atoms with E-state index in [4.69, 9.17) is 9.52 Å². The second kappa shape index (κ2) is 6.29. The molecule has 0 bridgehead atoms. The summed E-state index contributed by atoms with van der Waals surface area (Å²) in [4.78, 5) is 19.5. The number of aromatic carboxylic acids is 1. The zero-order chi connectivity index (χ0) is 18.3. The molecule has 4 rings (SSSR count). The first-order valence-electron chi connectivity index (χ1n) is 8.68. The maximum Gasteiger partial charge on any atom is 0.392 e. The number of carbonyl (C=O) groups is 1. The Hall–Kier alpha value is -3.15. The van der Waals surface area contributed by atoms with Crippen LogP contribution in [0.1, 0.15) is 36.1 Å². The van der Waals surface area contributed by atoms with Crippen LogP contribution in [0.3, 0.4) is 0 Å². The van der Waals surface area contributed by atoms with Gasteiger partial charge in [-0.1, -0.05) is 31.5 Å². The minimum Gasteiger partial charge on any atom is -0.474 e. The van der Waals surface area contributed by atoms with Crippen LogP contribution >= 0.6 is 0 Å². The lowest BCUT2D eigenvalue weighted by atomic mass is 10.1. The molecule has 3 aromatic heterocycles. The third-order valence-electron chi connectivity index (χ3n) is 4.60. The number of aryl methyl sites for hydroxylation is 2. The number of hydrogen-bond acceptors (Lipinski definition) is 4. The normalized spacial score (nSPS) is 11.5. The van der Waals surface area contributed by atoms with Gasteiger partial charge in [-0.3, -0.25) is 0 Å². The fourth-order valence-electron chi connectivity index (χ4n) is 3.44. The van der Waals surface area contributed by atoms with Gasteiger partial charge in [-0.05, 0) is 25.5 Å². The third-order valence-corrected chi connectivity index (χ3v) is 4.60. The minimum absolute atomic E-state index is 0.329. The van der Waals surface area contributed by atoms with Crippen LogP contribution in [-0.2, 0) is 6.54 Å². The maximum atomic E-state index is 11.0. The summed E-state index contributed by atoms with van der Waals surface area (Å²) >= 11 is 0. The van der Waals surface area contributed by atoms with E-state index in [1.165, 1.54) is 11.7 Å². The molecule has 0 amide bonds. The lowest BCUT2D eigenvalue weighted by molar-refractivity contribution is 0.0654. The topological polar surface area (TPSA) is 81.2 Å². The first-order valence-corrected chi connectivity index (χ1v) is 8.68. The predicted molar refractivity (Wildman–Crippen MR) is 99.3 cm³/mol. The maximum absolute atomic E-state index is 11.0. The summed E-state index contributed by atoms with van der Waals surface area (Å²) in [7, 11) is 0. The van der Waals surface area contributed by atoms with Gasteiger partial charge in [-0.25, -0.2) is 14.8 Å². The Balaban J connectivity index is 1.96. The summed E-state index contributed by atoms with van der Waals surface area (Å²) in [6.45, 7) is 5.09. The average molecular weight is 349 g/mol. The highest BCUT2D eigenvalue weighted by atomic mass is 16.4. The van der Waals surface area contributed by atoms with Crippen LogP contribution in [-0.4, -0.2) is 25.6 Å². The zero-order valence-corrected chi connectivity index (χ0v) is 14.7. The highest BCUT2D eigenvalue weighted by Crippen LogP contribution is 2.33. The van der Waals surface area contributed by atoms with Gasteiger partial charge in [0.2, 0.25) is 0 Å². The van der Waals surface area contributed by atoms with Crippen LogP contribution in [0.2, 0.25) is 0 Å². The van der Waals surface area contributed by atoms with Gasteiger partial charge in [0, 0.05) is 22.8 Å². The van der Waals surface area contributed by atoms with Crippen LogP contribution in [0, 0.1) is 6.92 Å². The van der Waals surface area contributed by atoms with E-state index in [2.05, 4.69) is 33.6 Å². The molecule has 0 unspecified atom stereocenters. The summed E-state index contributed by atoms with van der Waals surface area (Å²) in [6.07, 6.45) is 3.63. The molecule has 0 atom stereocenters. The molecule has 1 N–H and O–H groups in total. The third kappa shape index (κ3) is 2.54. The molecule has 0 aliphatic carbocycles. The van der Waals surface area contributed by atoms with Gasteiger partial charge in [-0.15, -0.1) is 0 Å². The molecule has 0 saturated heterocycles. The number of fused-ring (bicyclic) bond motifs is 3. The zero-order valence-electron chi connectivity index (χ0n) is 14.7. The largest absolute Gasteiger partial charge is 0.474 e. The van der Waals surface area contributed by atoms with Gasteiger partial charge in [0.25, 0.3) is 0 Å². The highest BCUT2D eigenvalue weighted by Gasteiger charge is 2.18. The van der Waals surface area contributed by atoms with Crippen LogP contribution in [0.25, 0.3) is 33.3 Å². The summed E-state index contributed by atoms with van der Waals surface area (Å²) in [5.74, 6) is -1.16. The number of para-hydroxylation sites is 1. The Labute approximate surface area is 150 Å². The molecule has 0 radical (unpaired) electrons. The van der Waals surface area contributed by atoms with Crippen molar-refractivity contribution in [2.45, 2.75) is 33.2 Å². The molecule has 6 heteroatoms. The molecule has 0 saturated carbocycles. The first-order chi connectivity index (χ1) is 12.6. The molecule has 0 aliphatic rings. The van der Waals surface area contributed by atoms with E-state index in [1.807, 2.05) is 25.1 Å². The Bertz CT molecular complexity index is 1120. The standard InChI is InChI=1S/C20H19N3O3/c1-3-4-9-23-16-8-6-5-7-13(16)14-10-15(22-12(2)18(14)23)17-11-21-19(26-17)20(24)25/h5-8,10-11H,3-4,9H2,1-2H3,(H,24,25). The Morgan fingerprint density at radius 3 is 2.81 bits per heavy atom. The van der Waals surface area contributed by atoms with E-state index in [0.717, 1.165) is 41.4 Å². The van der Waals surface area contributed by atoms with Crippen molar-refractivity contribution in [2.24, 2.45) is 0 Å². The van der Waals surface area contributed by atoms with Crippen molar-refractivity contribution in [3.8, 4) is 11.5 Å². The van der Waals surface area contributed by atoms with Gasteiger partial charge in [0.05, 0.1) is 17.4 Å². The number of rotatable bonds is 5. The lowest BCUT2D eigenvalue weighted by Gasteiger charge is -2.08. The molecule has 4 aromatic rings. The minimum atomic E-state index is -1.19. The second-order valence-electron chi connectivity index (χ2n) is 6.35. The molecule has 0 spiro atoms. The Morgan fingerprint density at radius 2 is 2.08 bits per heavy atom. The number of oxazole rings is 1. The number of carboxylic acids is 1.